The van der Waals surface area contributed by atoms with Crippen molar-refractivity contribution in [2.75, 3.05) is 0 Å². The summed E-state index contributed by atoms with van der Waals surface area (Å²) in [6, 6.07) is 8.89. The minimum atomic E-state index is -0.725. The second-order valence-electron chi connectivity index (χ2n) is 8.11. The fraction of sp³-hybridized carbons (Fsp3) is 0.261. The second-order valence-corrected chi connectivity index (χ2v) is 8.11. The van der Waals surface area contributed by atoms with Gasteiger partial charge < -0.3 is 9.80 Å². The summed E-state index contributed by atoms with van der Waals surface area (Å²) in [6.45, 7) is 0.463. The smallest absolute Gasteiger partial charge is 0.255 e. The zero-order valence-corrected chi connectivity index (χ0v) is 16.9. The maximum atomic E-state index is 14.5. The quantitative estimate of drug-likeness (QED) is 0.725. The summed E-state index contributed by atoms with van der Waals surface area (Å²) in [5, 5.41) is 11.3. The van der Waals surface area contributed by atoms with Crippen LogP contribution < -0.4 is 5.32 Å². The van der Waals surface area contributed by atoms with Gasteiger partial charge in [-0.2, -0.15) is 5.26 Å². The minimum absolute atomic E-state index is 0.0531. The molecule has 3 aliphatic rings. The third-order valence-electron chi connectivity index (χ3n) is 6.23. The van der Waals surface area contributed by atoms with Gasteiger partial charge in [-0.1, -0.05) is 6.07 Å². The van der Waals surface area contributed by atoms with Gasteiger partial charge in [0.15, 0.2) is 0 Å². The van der Waals surface area contributed by atoms with E-state index < -0.39 is 17.8 Å². The summed E-state index contributed by atoms with van der Waals surface area (Å²) in [5.41, 5.74) is 2.35. The molecule has 0 saturated carbocycles. The van der Waals surface area contributed by atoms with Crippen molar-refractivity contribution in [2.24, 2.45) is 0 Å². The van der Waals surface area contributed by atoms with Crippen LogP contribution in [-0.4, -0.2) is 39.5 Å². The fourth-order valence-corrected chi connectivity index (χ4v) is 4.55. The van der Waals surface area contributed by atoms with Crippen LogP contribution in [0.1, 0.15) is 55.8 Å². The van der Waals surface area contributed by atoms with Gasteiger partial charge in [-0.05, 0) is 41.8 Å². The molecule has 0 spiro atoms. The lowest BCUT2D eigenvalue weighted by atomic mass is 10.0. The topological polar surface area (TPSA) is 111 Å². The van der Waals surface area contributed by atoms with E-state index in [1.165, 1.54) is 15.9 Å². The van der Waals surface area contributed by atoms with Crippen LogP contribution in [0.5, 0.6) is 0 Å². The highest BCUT2D eigenvalue weighted by Crippen LogP contribution is 2.31. The van der Waals surface area contributed by atoms with Gasteiger partial charge in [0.1, 0.15) is 17.9 Å². The third-order valence-corrected chi connectivity index (χ3v) is 6.23. The van der Waals surface area contributed by atoms with Crippen molar-refractivity contribution in [3.63, 3.8) is 0 Å². The van der Waals surface area contributed by atoms with E-state index in [2.05, 4.69) is 5.32 Å². The number of piperidine rings is 1. The number of halogens is 1. The number of hydrogen-bond donors (Lipinski definition) is 1. The van der Waals surface area contributed by atoms with Crippen molar-refractivity contribution >= 4 is 23.6 Å². The van der Waals surface area contributed by atoms with Crippen LogP contribution in [0, 0.1) is 17.1 Å². The predicted molar refractivity (Wildman–Crippen MR) is 107 cm³/mol. The molecule has 2 aromatic carbocycles. The number of hydrogen-bond acceptors (Lipinski definition) is 5. The molecule has 32 heavy (non-hydrogen) atoms. The van der Waals surface area contributed by atoms with E-state index in [4.69, 9.17) is 5.26 Å². The molecular weight excluding hydrogens is 415 g/mol. The van der Waals surface area contributed by atoms with E-state index in [0.29, 0.717) is 27.8 Å². The summed E-state index contributed by atoms with van der Waals surface area (Å²) >= 11 is 0. The fourth-order valence-electron chi connectivity index (χ4n) is 4.55. The van der Waals surface area contributed by atoms with Crippen LogP contribution in [0.3, 0.4) is 0 Å². The molecule has 1 fully saturated rings. The Hall–Kier alpha value is -4.06. The molecule has 2 aromatic rings. The Morgan fingerprint density at radius 2 is 1.91 bits per heavy atom. The first-order chi connectivity index (χ1) is 15.4. The van der Waals surface area contributed by atoms with Crippen molar-refractivity contribution < 1.29 is 23.6 Å². The van der Waals surface area contributed by atoms with E-state index in [1.807, 2.05) is 6.07 Å². The summed E-state index contributed by atoms with van der Waals surface area (Å²) in [6.07, 6.45) is 0.429. The Balaban J connectivity index is 1.36. The van der Waals surface area contributed by atoms with E-state index in [-0.39, 0.29) is 55.8 Å². The largest absolute Gasteiger partial charge is 0.330 e. The average molecular weight is 432 g/mol. The molecule has 5 rings (SSSR count). The van der Waals surface area contributed by atoms with Crippen LogP contribution in [0.25, 0.3) is 0 Å². The van der Waals surface area contributed by atoms with Crippen molar-refractivity contribution in [2.45, 2.75) is 38.5 Å². The van der Waals surface area contributed by atoms with E-state index in [1.54, 1.807) is 24.3 Å². The van der Waals surface area contributed by atoms with E-state index in [9.17, 15) is 23.6 Å². The zero-order chi connectivity index (χ0) is 22.6. The number of rotatable bonds is 2. The lowest BCUT2D eigenvalue weighted by Gasteiger charge is -2.29. The predicted octanol–water partition coefficient (Wildman–Crippen LogP) is 1.61. The summed E-state index contributed by atoms with van der Waals surface area (Å²) in [7, 11) is 0. The number of imide groups is 1. The van der Waals surface area contributed by atoms with Crippen LogP contribution in [0.2, 0.25) is 0 Å². The Labute approximate surface area is 182 Å². The molecule has 9 heteroatoms. The number of carbonyl (C=O) groups is 4. The maximum absolute atomic E-state index is 14.5. The molecule has 3 aliphatic heterocycles. The first-order valence-corrected chi connectivity index (χ1v) is 10.1. The summed E-state index contributed by atoms with van der Waals surface area (Å²) in [4.78, 5) is 52.4. The van der Waals surface area contributed by atoms with Crippen LogP contribution >= 0.6 is 0 Å². The first-order valence-electron chi connectivity index (χ1n) is 10.1. The second kappa shape index (κ2) is 7.27. The van der Waals surface area contributed by atoms with Crippen molar-refractivity contribution in [1.82, 2.24) is 15.1 Å². The van der Waals surface area contributed by atoms with Crippen LogP contribution in [0.15, 0.2) is 30.3 Å². The van der Waals surface area contributed by atoms with Crippen molar-refractivity contribution in [1.29, 1.82) is 5.26 Å². The monoisotopic (exact) mass is 432 g/mol. The summed E-state index contributed by atoms with van der Waals surface area (Å²) in [5.74, 6) is -2.07. The Kier molecular flexibility index (Phi) is 4.51. The van der Waals surface area contributed by atoms with Gasteiger partial charge in [0.05, 0.1) is 5.56 Å². The Morgan fingerprint density at radius 3 is 2.66 bits per heavy atom. The number of nitrogens with one attached hydrogen (secondary N) is 1. The number of carbonyl (C=O) groups excluding carboxylic acids is 4. The molecule has 1 unspecified atom stereocenters. The Morgan fingerprint density at radius 1 is 1.09 bits per heavy atom. The SMILES string of the molecule is N#Cc1ccc2c(c1F)CN(C(=O)c1ccc3c(c1)CN(C1CCC(=O)NC1=O)C3=O)C2. The standard InChI is InChI=1S/C23H17FN4O4/c24-20-13(8-25)1-2-14-9-27(11-17(14)20)22(31)12-3-4-16-15(7-12)10-28(23(16)32)18-5-6-19(29)26-21(18)30/h1-4,7,18H,5-6,9-11H2,(H,26,29,30). The van der Waals surface area contributed by atoms with Gasteiger partial charge in [0.25, 0.3) is 11.8 Å². The highest BCUT2D eigenvalue weighted by Gasteiger charge is 2.39. The molecule has 0 radical (unpaired) electrons. The van der Waals surface area contributed by atoms with Gasteiger partial charge in [-0.3, -0.25) is 24.5 Å². The highest BCUT2D eigenvalue weighted by atomic mass is 19.1. The van der Waals surface area contributed by atoms with Crippen molar-refractivity contribution in [3.8, 4) is 6.07 Å². The van der Waals surface area contributed by atoms with E-state index in [0.717, 1.165) is 0 Å². The van der Waals surface area contributed by atoms with E-state index >= 15 is 0 Å². The molecule has 1 N–H and O–H groups in total. The molecular formula is C23H17FN4O4. The van der Waals surface area contributed by atoms with Gasteiger partial charge in [0, 0.05) is 42.7 Å². The third kappa shape index (κ3) is 3.03. The molecule has 8 nitrogen and oxygen atoms in total. The van der Waals surface area contributed by atoms with Crippen LogP contribution in [-0.2, 0) is 29.2 Å². The van der Waals surface area contributed by atoms with Crippen LogP contribution in [0.4, 0.5) is 4.39 Å². The number of fused-ring (bicyclic) bond motifs is 2. The molecule has 0 aliphatic carbocycles. The molecule has 1 saturated heterocycles. The zero-order valence-electron chi connectivity index (χ0n) is 16.9. The summed E-state index contributed by atoms with van der Waals surface area (Å²) < 4.78 is 14.5. The van der Waals surface area contributed by atoms with Gasteiger partial charge in [0.2, 0.25) is 11.8 Å². The molecule has 160 valence electrons. The highest BCUT2D eigenvalue weighted by molar-refractivity contribution is 6.06. The van der Waals surface area contributed by atoms with Crippen molar-refractivity contribution in [3.05, 3.63) is 69.5 Å². The number of benzene rings is 2. The molecule has 0 bridgehead atoms. The van der Waals surface area contributed by atoms with Gasteiger partial charge in [-0.25, -0.2) is 4.39 Å². The number of amides is 4. The maximum Gasteiger partial charge on any atom is 0.255 e. The average Bonchev–Trinajstić information content (AvgIpc) is 3.35. The minimum Gasteiger partial charge on any atom is -0.330 e. The molecule has 1 atom stereocenters. The normalized spacial score (nSPS) is 19.5. The van der Waals surface area contributed by atoms with Gasteiger partial charge >= 0.3 is 0 Å². The molecule has 3 heterocycles. The first kappa shape index (κ1) is 19.9. The molecule has 4 amide bonds. The lowest BCUT2D eigenvalue weighted by Crippen LogP contribution is -2.52. The van der Waals surface area contributed by atoms with Gasteiger partial charge in [-0.15, -0.1) is 0 Å². The Bertz CT molecular complexity index is 1270. The number of nitrogens with zero attached hydrogens (tertiary/aromatic N) is 3. The lowest BCUT2D eigenvalue weighted by molar-refractivity contribution is -0.136. The number of nitriles is 1. The molecule has 0 aromatic heterocycles.